The van der Waals surface area contributed by atoms with Gasteiger partial charge in [0.15, 0.2) is 5.78 Å². The van der Waals surface area contributed by atoms with Crippen molar-refractivity contribution in [2.45, 2.75) is 38.1 Å². The van der Waals surface area contributed by atoms with E-state index in [0.29, 0.717) is 6.42 Å². The largest absolute Gasteiger partial charge is 0.315 e. The summed E-state index contributed by atoms with van der Waals surface area (Å²) in [6.45, 7) is 2.02. The fourth-order valence-electron chi connectivity index (χ4n) is 2.41. The normalized spacial score (nSPS) is 26.7. The first kappa shape index (κ1) is 10.4. The van der Waals surface area contributed by atoms with Crippen LogP contribution in [0.3, 0.4) is 0 Å². The first-order chi connectivity index (χ1) is 7.14. The molecule has 1 aliphatic carbocycles. The van der Waals surface area contributed by atoms with Crippen molar-refractivity contribution in [2.75, 3.05) is 0 Å². The van der Waals surface area contributed by atoms with Crippen LogP contribution in [0.15, 0.2) is 24.3 Å². The summed E-state index contributed by atoms with van der Waals surface area (Å²) in [5, 5.41) is 0. The molecule has 1 saturated carbocycles. The lowest BCUT2D eigenvalue weighted by molar-refractivity contribution is -0.126. The van der Waals surface area contributed by atoms with E-state index in [0.717, 1.165) is 30.4 Å². The minimum absolute atomic E-state index is 0.197. The molecule has 1 atom stereocenters. The molecule has 80 valence electrons. The van der Waals surface area contributed by atoms with Crippen LogP contribution >= 0.6 is 0 Å². The molecule has 0 aromatic heterocycles. The smallest absolute Gasteiger partial charge is 0.157 e. The number of aryl methyl sites for hydroxylation is 1. The molecule has 0 bridgehead atoms. The summed E-state index contributed by atoms with van der Waals surface area (Å²) in [6.07, 6.45) is 3.46. The third-order valence-corrected chi connectivity index (χ3v) is 3.35. The first-order valence-corrected chi connectivity index (χ1v) is 5.53. The minimum atomic E-state index is -0.719. The van der Waals surface area contributed by atoms with Gasteiger partial charge in [0.25, 0.3) is 0 Å². The van der Waals surface area contributed by atoms with Gasteiger partial charge in [-0.2, -0.15) is 0 Å². The molecule has 0 unspecified atom stereocenters. The van der Waals surface area contributed by atoms with Crippen molar-refractivity contribution in [1.82, 2.24) is 0 Å². The van der Waals surface area contributed by atoms with Crippen LogP contribution in [0.25, 0.3) is 0 Å². The Morgan fingerprint density at radius 2 is 2.00 bits per heavy atom. The molecule has 0 aliphatic heterocycles. The van der Waals surface area contributed by atoms with Crippen molar-refractivity contribution in [1.29, 1.82) is 0 Å². The van der Waals surface area contributed by atoms with Crippen molar-refractivity contribution in [3.05, 3.63) is 35.4 Å². The first-order valence-electron chi connectivity index (χ1n) is 5.53. The van der Waals surface area contributed by atoms with Gasteiger partial charge in [0.05, 0.1) is 0 Å². The summed E-state index contributed by atoms with van der Waals surface area (Å²) in [4.78, 5) is 11.9. The highest BCUT2D eigenvalue weighted by molar-refractivity contribution is 5.90. The van der Waals surface area contributed by atoms with Gasteiger partial charge in [0.1, 0.15) is 5.54 Å². The molecule has 0 saturated heterocycles. The van der Waals surface area contributed by atoms with Crippen molar-refractivity contribution < 1.29 is 4.79 Å². The average molecular weight is 203 g/mol. The fourth-order valence-corrected chi connectivity index (χ4v) is 2.41. The third-order valence-electron chi connectivity index (χ3n) is 3.35. The lowest BCUT2D eigenvalue weighted by Gasteiger charge is -2.33. The predicted octanol–water partition coefficient (Wildman–Crippen LogP) is 2.29. The van der Waals surface area contributed by atoms with E-state index in [1.807, 2.05) is 31.2 Å². The second kappa shape index (κ2) is 3.78. The van der Waals surface area contributed by atoms with E-state index in [9.17, 15) is 4.79 Å². The van der Waals surface area contributed by atoms with Crippen molar-refractivity contribution in [3.63, 3.8) is 0 Å². The molecule has 2 rings (SSSR count). The zero-order valence-electron chi connectivity index (χ0n) is 9.12. The zero-order valence-corrected chi connectivity index (χ0v) is 9.12. The number of ketones is 1. The Bertz CT molecular complexity index is 386. The summed E-state index contributed by atoms with van der Waals surface area (Å²) in [7, 11) is 0. The van der Waals surface area contributed by atoms with Gasteiger partial charge in [0, 0.05) is 6.42 Å². The monoisotopic (exact) mass is 203 g/mol. The maximum absolute atomic E-state index is 11.9. The molecule has 2 nitrogen and oxygen atoms in total. The van der Waals surface area contributed by atoms with Crippen molar-refractivity contribution in [3.8, 4) is 0 Å². The van der Waals surface area contributed by atoms with Crippen LogP contribution in [0.1, 0.15) is 36.8 Å². The molecule has 1 aliphatic rings. The minimum Gasteiger partial charge on any atom is -0.315 e. The van der Waals surface area contributed by atoms with E-state index < -0.39 is 5.54 Å². The van der Waals surface area contributed by atoms with Gasteiger partial charge in [0.2, 0.25) is 0 Å². The summed E-state index contributed by atoms with van der Waals surface area (Å²) in [5.74, 6) is 0.197. The topological polar surface area (TPSA) is 43.1 Å². The molecule has 2 N–H and O–H groups in total. The maximum Gasteiger partial charge on any atom is 0.157 e. The molecule has 0 spiro atoms. The van der Waals surface area contributed by atoms with E-state index >= 15 is 0 Å². The number of rotatable bonds is 1. The van der Waals surface area contributed by atoms with Crippen LogP contribution in [-0.4, -0.2) is 5.78 Å². The number of hydrogen-bond acceptors (Lipinski definition) is 2. The Hall–Kier alpha value is -1.15. The molecule has 1 aromatic rings. The molecule has 0 radical (unpaired) electrons. The highest BCUT2D eigenvalue weighted by Gasteiger charge is 2.38. The van der Waals surface area contributed by atoms with Gasteiger partial charge >= 0.3 is 0 Å². The molecule has 0 heterocycles. The van der Waals surface area contributed by atoms with Crippen molar-refractivity contribution in [2.24, 2.45) is 5.73 Å². The van der Waals surface area contributed by atoms with Gasteiger partial charge in [-0.05, 0) is 30.9 Å². The lowest BCUT2D eigenvalue weighted by Crippen LogP contribution is -2.47. The summed E-state index contributed by atoms with van der Waals surface area (Å²) in [6, 6.07) is 7.94. The Morgan fingerprint density at radius 1 is 1.27 bits per heavy atom. The maximum atomic E-state index is 11.9. The number of Topliss-reactive ketones (excluding diaryl/α,β-unsaturated/α-hetero) is 1. The number of benzene rings is 1. The van der Waals surface area contributed by atoms with Crippen LogP contribution in [-0.2, 0) is 10.3 Å². The van der Waals surface area contributed by atoms with Crippen LogP contribution < -0.4 is 5.73 Å². The highest BCUT2D eigenvalue weighted by atomic mass is 16.1. The second-order valence-corrected chi connectivity index (χ2v) is 4.42. The number of hydrogen-bond donors (Lipinski definition) is 1. The lowest BCUT2D eigenvalue weighted by atomic mass is 9.75. The average Bonchev–Trinajstić information content (AvgIpc) is 2.23. The number of carbonyl (C=O) groups is 1. The van der Waals surface area contributed by atoms with Gasteiger partial charge in [-0.1, -0.05) is 30.7 Å². The van der Waals surface area contributed by atoms with Crippen molar-refractivity contribution >= 4 is 5.78 Å². The van der Waals surface area contributed by atoms with E-state index in [1.165, 1.54) is 0 Å². The molecule has 1 fully saturated rings. The number of carbonyl (C=O) groups excluding carboxylic acids is 1. The molecular formula is C13H17NO. The summed E-state index contributed by atoms with van der Waals surface area (Å²) >= 11 is 0. The molecule has 1 aromatic carbocycles. The molecule has 15 heavy (non-hydrogen) atoms. The molecule has 0 amide bonds. The van der Waals surface area contributed by atoms with Gasteiger partial charge in [-0.15, -0.1) is 0 Å². The van der Waals surface area contributed by atoms with Crippen LogP contribution in [0, 0.1) is 6.92 Å². The Balaban J connectivity index is 2.44. The Kier molecular flexibility index (Phi) is 2.61. The Morgan fingerprint density at radius 3 is 2.67 bits per heavy atom. The van der Waals surface area contributed by atoms with Crippen LogP contribution in [0.5, 0.6) is 0 Å². The Labute approximate surface area is 90.5 Å². The van der Waals surface area contributed by atoms with Crippen LogP contribution in [0.2, 0.25) is 0 Å². The molecule has 2 heteroatoms. The third kappa shape index (κ3) is 1.70. The van der Waals surface area contributed by atoms with E-state index in [-0.39, 0.29) is 5.78 Å². The number of nitrogens with two attached hydrogens (primary N) is 1. The summed E-state index contributed by atoms with van der Waals surface area (Å²) in [5.41, 5.74) is 7.69. The summed E-state index contributed by atoms with van der Waals surface area (Å²) < 4.78 is 0. The SMILES string of the molecule is Cc1ccccc1[C@]1(N)CCCCC1=O. The van der Waals surface area contributed by atoms with E-state index in [2.05, 4.69) is 0 Å². The van der Waals surface area contributed by atoms with Crippen LogP contribution in [0.4, 0.5) is 0 Å². The van der Waals surface area contributed by atoms with Gasteiger partial charge in [-0.3, -0.25) is 4.79 Å². The second-order valence-electron chi connectivity index (χ2n) is 4.42. The quantitative estimate of drug-likeness (QED) is 0.761. The zero-order chi connectivity index (χ0) is 10.9. The van der Waals surface area contributed by atoms with Gasteiger partial charge < -0.3 is 5.73 Å². The van der Waals surface area contributed by atoms with Gasteiger partial charge in [-0.25, -0.2) is 0 Å². The highest BCUT2D eigenvalue weighted by Crippen LogP contribution is 2.33. The fraction of sp³-hybridized carbons (Fsp3) is 0.462. The molecular weight excluding hydrogens is 186 g/mol. The van der Waals surface area contributed by atoms with E-state index in [1.54, 1.807) is 0 Å². The predicted molar refractivity (Wildman–Crippen MR) is 60.5 cm³/mol. The standard InChI is InChI=1S/C13H17NO/c1-10-6-2-3-7-11(10)13(14)9-5-4-8-12(13)15/h2-3,6-7H,4-5,8-9,14H2,1H3/t13-/m1/s1. The van der Waals surface area contributed by atoms with E-state index in [4.69, 9.17) is 5.73 Å².